The number of ether oxygens (including phenoxy) is 1. The quantitative estimate of drug-likeness (QED) is 0.275. The maximum atomic E-state index is 12.3. The molecular formula is C27H37N3O3. The maximum absolute atomic E-state index is 12.3. The van der Waals surface area contributed by atoms with Gasteiger partial charge in [-0.2, -0.15) is 0 Å². The number of nitrogens with zero attached hydrogens (tertiary/aromatic N) is 3. The van der Waals surface area contributed by atoms with Crippen molar-refractivity contribution in [2.45, 2.75) is 84.5 Å². The molecule has 3 aromatic rings. The molecule has 178 valence electrons. The minimum Gasteiger partial charge on any atom is -0.505 e. The van der Waals surface area contributed by atoms with Crippen molar-refractivity contribution in [3.8, 4) is 11.4 Å². The van der Waals surface area contributed by atoms with E-state index in [0.717, 1.165) is 29.4 Å². The molecule has 0 radical (unpaired) electrons. The van der Waals surface area contributed by atoms with E-state index in [0.29, 0.717) is 24.3 Å². The van der Waals surface area contributed by atoms with Gasteiger partial charge in [-0.15, -0.1) is 15.0 Å². The number of aromatic hydroxyl groups is 1. The van der Waals surface area contributed by atoms with E-state index in [1.807, 2.05) is 36.4 Å². The summed E-state index contributed by atoms with van der Waals surface area (Å²) in [5.74, 6) is -0.124. The van der Waals surface area contributed by atoms with Crippen molar-refractivity contribution in [3.63, 3.8) is 0 Å². The fourth-order valence-corrected chi connectivity index (χ4v) is 3.80. The van der Waals surface area contributed by atoms with E-state index >= 15 is 0 Å². The lowest BCUT2D eigenvalue weighted by atomic mass is 9.85. The molecule has 0 bridgehead atoms. The number of benzene rings is 2. The van der Waals surface area contributed by atoms with Crippen LogP contribution in [0.25, 0.3) is 16.7 Å². The largest absolute Gasteiger partial charge is 0.505 e. The lowest BCUT2D eigenvalue weighted by Gasteiger charge is -2.22. The second-order valence-electron chi connectivity index (χ2n) is 9.72. The van der Waals surface area contributed by atoms with Gasteiger partial charge >= 0.3 is 5.97 Å². The van der Waals surface area contributed by atoms with E-state index in [2.05, 4.69) is 37.9 Å². The number of hydrogen-bond donors (Lipinski definition) is 1. The van der Waals surface area contributed by atoms with Crippen molar-refractivity contribution in [1.82, 2.24) is 15.0 Å². The summed E-state index contributed by atoms with van der Waals surface area (Å²) in [5, 5.41) is 20.1. The molecule has 0 amide bonds. The predicted molar refractivity (Wildman–Crippen MR) is 132 cm³/mol. The van der Waals surface area contributed by atoms with Gasteiger partial charge in [0.1, 0.15) is 22.5 Å². The molecule has 0 fully saturated rings. The van der Waals surface area contributed by atoms with Crippen molar-refractivity contribution in [2.75, 3.05) is 6.61 Å². The summed E-state index contributed by atoms with van der Waals surface area (Å²) in [6.07, 6.45) is 7.56. The van der Waals surface area contributed by atoms with E-state index in [4.69, 9.17) is 4.74 Å². The Morgan fingerprint density at radius 3 is 2.27 bits per heavy atom. The van der Waals surface area contributed by atoms with E-state index in [1.165, 1.54) is 30.5 Å². The highest BCUT2D eigenvalue weighted by Crippen LogP contribution is 2.34. The Kier molecular flexibility index (Phi) is 8.48. The topological polar surface area (TPSA) is 77.2 Å². The molecule has 33 heavy (non-hydrogen) atoms. The van der Waals surface area contributed by atoms with Gasteiger partial charge < -0.3 is 9.84 Å². The number of aromatic nitrogens is 3. The highest BCUT2D eigenvalue weighted by molar-refractivity contribution is 5.74. The van der Waals surface area contributed by atoms with Gasteiger partial charge in [0.05, 0.1) is 6.61 Å². The summed E-state index contributed by atoms with van der Waals surface area (Å²) in [4.78, 5) is 13.8. The fourth-order valence-electron chi connectivity index (χ4n) is 3.80. The van der Waals surface area contributed by atoms with E-state index < -0.39 is 0 Å². The zero-order valence-corrected chi connectivity index (χ0v) is 20.4. The smallest absolute Gasteiger partial charge is 0.306 e. The summed E-state index contributed by atoms with van der Waals surface area (Å²) in [7, 11) is 0. The van der Waals surface area contributed by atoms with Crippen LogP contribution in [0, 0.1) is 0 Å². The lowest BCUT2D eigenvalue weighted by molar-refractivity contribution is -0.143. The van der Waals surface area contributed by atoms with Gasteiger partial charge in [0.15, 0.2) is 0 Å². The lowest BCUT2D eigenvalue weighted by Crippen LogP contribution is -2.14. The highest BCUT2D eigenvalue weighted by Gasteiger charge is 2.21. The number of unbranched alkanes of at least 4 members (excludes halogenated alkanes) is 5. The molecule has 1 N–H and O–H groups in total. The average molecular weight is 452 g/mol. The number of esters is 1. The van der Waals surface area contributed by atoms with Crippen LogP contribution in [0.3, 0.4) is 0 Å². The second kappa shape index (κ2) is 11.3. The number of aryl methyl sites for hydroxylation is 1. The first-order valence-corrected chi connectivity index (χ1v) is 12.1. The fraction of sp³-hybridized carbons (Fsp3) is 0.519. The summed E-state index contributed by atoms with van der Waals surface area (Å²) in [6.45, 7) is 9.03. The maximum Gasteiger partial charge on any atom is 0.306 e. The third-order valence-electron chi connectivity index (χ3n) is 5.90. The molecule has 6 nitrogen and oxygen atoms in total. The number of phenols is 1. The molecule has 0 saturated heterocycles. The molecule has 0 aliphatic rings. The Bertz CT molecular complexity index is 1030. The monoisotopic (exact) mass is 451 g/mol. The Morgan fingerprint density at radius 2 is 1.64 bits per heavy atom. The van der Waals surface area contributed by atoms with Gasteiger partial charge in [-0.25, -0.2) is 0 Å². The highest BCUT2D eigenvalue weighted by atomic mass is 16.5. The van der Waals surface area contributed by atoms with Gasteiger partial charge in [-0.05, 0) is 47.6 Å². The van der Waals surface area contributed by atoms with Crippen LogP contribution in [0.2, 0.25) is 0 Å². The Balaban J connectivity index is 1.70. The standard InChI is InChI=1S/C27H37N3O3/c1-5-6-7-8-9-12-17-33-25(31)16-15-20-18-21(27(2,3)4)19-24(26(20)32)30-28-22-13-10-11-14-23(22)29-30/h10-11,13-14,18-19,32H,5-9,12,15-17H2,1-4H3. The molecule has 0 unspecified atom stereocenters. The zero-order valence-electron chi connectivity index (χ0n) is 20.4. The first-order chi connectivity index (χ1) is 15.8. The molecule has 1 aromatic heterocycles. The minimum absolute atomic E-state index is 0.104. The van der Waals surface area contributed by atoms with Gasteiger partial charge in [0.2, 0.25) is 0 Å². The molecule has 0 aliphatic carbocycles. The normalized spacial score (nSPS) is 11.8. The number of carbonyl (C=O) groups excluding carboxylic acids is 1. The Labute approximate surface area is 197 Å². The summed E-state index contributed by atoms with van der Waals surface area (Å²) in [5.41, 5.74) is 3.66. The van der Waals surface area contributed by atoms with Crippen molar-refractivity contribution in [1.29, 1.82) is 0 Å². The van der Waals surface area contributed by atoms with E-state index in [9.17, 15) is 9.90 Å². The van der Waals surface area contributed by atoms with Crippen molar-refractivity contribution < 1.29 is 14.6 Å². The SMILES string of the molecule is CCCCCCCCOC(=O)CCc1cc(C(C)(C)C)cc(-n2nc3ccccc3n2)c1O. The molecular weight excluding hydrogens is 414 g/mol. The van der Waals surface area contributed by atoms with Crippen LogP contribution in [0.15, 0.2) is 36.4 Å². The number of carbonyl (C=O) groups is 1. The number of phenolic OH excluding ortho intramolecular Hbond substituents is 1. The van der Waals surface area contributed by atoms with E-state index in [-0.39, 0.29) is 23.6 Å². The number of rotatable bonds is 11. The van der Waals surface area contributed by atoms with Crippen LogP contribution >= 0.6 is 0 Å². The van der Waals surface area contributed by atoms with Gasteiger partial charge in [0.25, 0.3) is 0 Å². The van der Waals surface area contributed by atoms with Gasteiger partial charge in [-0.3, -0.25) is 4.79 Å². The minimum atomic E-state index is -0.228. The Morgan fingerprint density at radius 1 is 1.00 bits per heavy atom. The van der Waals surface area contributed by atoms with E-state index in [1.54, 1.807) is 0 Å². The number of fused-ring (bicyclic) bond motifs is 1. The number of hydrogen-bond acceptors (Lipinski definition) is 5. The molecule has 2 aromatic carbocycles. The second-order valence-corrected chi connectivity index (χ2v) is 9.72. The zero-order chi connectivity index (χ0) is 23.8. The van der Waals surface area contributed by atoms with Crippen LogP contribution in [0.1, 0.15) is 83.8 Å². The third kappa shape index (κ3) is 6.80. The summed E-state index contributed by atoms with van der Waals surface area (Å²) in [6, 6.07) is 11.5. The van der Waals surface area contributed by atoms with Crippen LogP contribution in [-0.2, 0) is 21.4 Å². The molecule has 3 rings (SSSR count). The van der Waals surface area contributed by atoms with Crippen LogP contribution in [0.5, 0.6) is 5.75 Å². The van der Waals surface area contributed by atoms with Gasteiger partial charge in [-0.1, -0.05) is 78.0 Å². The summed E-state index contributed by atoms with van der Waals surface area (Å²) < 4.78 is 5.41. The predicted octanol–water partition coefficient (Wildman–Crippen LogP) is 6.26. The Hall–Kier alpha value is -2.89. The molecule has 0 spiro atoms. The molecule has 1 heterocycles. The van der Waals surface area contributed by atoms with Gasteiger partial charge in [0, 0.05) is 6.42 Å². The summed E-state index contributed by atoms with van der Waals surface area (Å²) >= 11 is 0. The van der Waals surface area contributed by atoms with Crippen LogP contribution in [-0.4, -0.2) is 32.7 Å². The van der Waals surface area contributed by atoms with Crippen LogP contribution in [0.4, 0.5) is 0 Å². The first-order valence-electron chi connectivity index (χ1n) is 12.1. The van der Waals surface area contributed by atoms with Crippen molar-refractivity contribution in [3.05, 3.63) is 47.5 Å². The average Bonchev–Trinajstić information content (AvgIpc) is 3.21. The van der Waals surface area contributed by atoms with Crippen LogP contribution < -0.4 is 0 Å². The van der Waals surface area contributed by atoms with Crippen molar-refractivity contribution in [2.24, 2.45) is 0 Å². The molecule has 6 heteroatoms. The molecule has 0 aliphatic heterocycles. The molecule has 0 saturated carbocycles. The van der Waals surface area contributed by atoms with Crippen molar-refractivity contribution >= 4 is 17.0 Å². The molecule has 0 atom stereocenters. The third-order valence-corrected chi connectivity index (χ3v) is 5.90. The first kappa shape index (κ1) is 24.7.